The topological polar surface area (TPSA) is 20.3 Å². The van der Waals surface area contributed by atoms with E-state index in [0.717, 1.165) is 12.8 Å². The van der Waals surface area contributed by atoms with Crippen LogP contribution in [-0.2, 0) is 4.79 Å². The Morgan fingerprint density at radius 1 is 1.27 bits per heavy atom. The molecule has 11 heavy (non-hydrogen) atoms. The van der Waals surface area contributed by atoms with Gasteiger partial charge in [0.1, 0.15) is 5.78 Å². The third kappa shape index (κ3) is 1.20. The molecule has 2 heterocycles. The molecule has 2 aliphatic heterocycles. The number of rotatable bonds is 0. The highest BCUT2D eigenvalue weighted by Crippen LogP contribution is 2.30. The van der Waals surface area contributed by atoms with E-state index >= 15 is 0 Å². The van der Waals surface area contributed by atoms with Crippen molar-refractivity contribution in [1.82, 2.24) is 4.90 Å². The Kier molecular flexibility index (Phi) is 1.72. The molecule has 0 N–H and O–H groups in total. The molecule has 62 valence electrons. The molecule has 2 bridgehead atoms. The van der Waals surface area contributed by atoms with Crippen LogP contribution in [0.1, 0.15) is 32.1 Å². The third-order valence-corrected chi connectivity index (χ3v) is 3.15. The second-order valence-electron chi connectivity index (χ2n) is 3.85. The molecule has 0 amide bonds. The first kappa shape index (κ1) is 7.29. The summed E-state index contributed by atoms with van der Waals surface area (Å²) >= 11 is 0. The molecule has 0 aliphatic carbocycles. The Balaban J connectivity index is 2.12. The van der Waals surface area contributed by atoms with Gasteiger partial charge in [0.25, 0.3) is 0 Å². The van der Waals surface area contributed by atoms with Gasteiger partial charge in [-0.2, -0.15) is 0 Å². The fourth-order valence-corrected chi connectivity index (χ4v) is 2.40. The highest BCUT2D eigenvalue weighted by molar-refractivity contribution is 5.80. The van der Waals surface area contributed by atoms with Crippen molar-refractivity contribution < 1.29 is 4.79 Å². The van der Waals surface area contributed by atoms with Crippen LogP contribution in [0, 0.1) is 0 Å². The predicted octanol–water partition coefficient (Wildman–Crippen LogP) is 1.20. The molecule has 2 atom stereocenters. The van der Waals surface area contributed by atoms with Crippen LogP contribution in [0.15, 0.2) is 0 Å². The molecule has 0 aromatic heterocycles. The quantitative estimate of drug-likeness (QED) is 0.521. The van der Waals surface area contributed by atoms with Crippen LogP contribution in [0.4, 0.5) is 0 Å². The standard InChI is InChI=1S/C9H15NO/c1-10-7-3-2-4-8(10)6-9(11)5-7/h7-8H,2-6H2,1H3/t7-,8-/m1/s1. The average molecular weight is 153 g/mol. The van der Waals surface area contributed by atoms with Gasteiger partial charge >= 0.3 is 0 Å². The molecule has 2 saturated heterocycles. The van der Waals surface area contributed by atoms with E-state index in [-0.39, 0.29) is 0 Å². The van der Waals surface area contributed by atoms with Crippen molar-refractivity contribution in [1.29, 1.82) is 0 Å². The fourth-order valence-electron chi connectivity index (χ4n) is 2.40. The van der Waals surface area contributed by atoms with Gasteiger partial charge in [-0.25, -0.2) is 0 Å². The summed E-state index contributed by atoms with van der Waals surface area (Å²) in [4.78, 5) is 13.6. The maximum Gasteiger partial charge on any atom is 0.136 e. The van der Waals surface area contributed by atoms with Crippen molar-refractivity contribution in [3.05, 3.63) is 0 Å². The van der Waals surface area contributed by atoms with Gasteiger partial charge in [-0.3, -0.25) is 9.69 Å². The van der Waals surface area contributed by atoms with Crippen molar-refractivity contribution in [2.45, 2.75) is 44.2 Å². The maximum absolute atomic E-state index is 11.2. The molecule has 2 fully saturated rings. The van der Waals surface area contributed by atoms with Crippen LogP contribution >= 0.6 is 0 Å². The van der Waals surface area contributed by atoms with Crippen molar-refractivity contribution in [3.63, 3.8) is 0 Å². The third-order valence-electron chi connectivity index (χ3n) is 3.15. The van der Waals surface area contributed by atoms with Crippen molar-refractivity contribution in [2.24, 2.45) is 0 Å². The van der Waals surface area contributed by atoms with Gasteiger partial charge in [0, 0.05) is 24.9 Å². The fraction of sp³-hybridized carbons (Fsp3) is 0.889. The van der Waals surface area contributed by atoms with E-state index in [1.165, 1.54) is 19.3 Å². The van der Waals surface area contributed by atoms with Gasteiger partial charge in [-0.15, -0.1) is 0 Å². The summed E-state index contributed by atoms with van der Waals surface area (Å²) in [7, 11) is 2.17. The number of hydrogen-bond acceptors (Lipinski definition) is 2. The minimum absolute atomic E-state index is 0.484. The zero-order valence-corrected chi connectivity index (χ0v) is 7.05. The Hall–Kier alpha value is -0.370. The largest absolute Gasteiger partial charge is 0.300 e. The monoisotopic (exact) mass is 153 g/mol. The van der Waals surface area contributed by atoms with Crippen LogP contribution in [0.25, 0.3) is 0 Å². The highest BCUT2D eigenvalue weighted by Gasteiger charge is 2.34. The Morgan fingerprint density at radius 2 is 1.82 bits per heavy atom. The molecule has 2 rings (SSSR count). The second kappa shape index (κ2) is 2.59. The van der Waals surface area contributed by atoms with Crippen LogP contribution < -0.4 is 0 Å². The average Bonchev–Trinajstić information content (AvgIpc) is 1.92. The normalized spacial score (nSPS) is 39.2. The number of fused-ring (bicyclic) bond motifs is 2. The molecule has 2 aliphatic rings. The number of hydrogen-bond donors (Lipinski definition) is 0. The van der Waals surface area contributed by atoms with Crippen LogP contribution in [-0.4, -0.2) is 29.8 Å². The van der Waals surface area contributed by atoms with Gasteiger partial charge in [0.15, 0.2) is 0 Å². The molecule has 0 saturated carbocycles. The first-order valence-electron chi connectivity index (χ1n) is 4.51. The SMILES string of the molecule is CN1[C@@H]2CCC[C@@H]1CC(=O)C2. The van der Waals surface area contributed by atoms with E-state index in [9.17, 15) is 4.79 Å². The van der Waals surface area contributed by atoms with Gasteiger partial charge in [0.2, 0.25) is 0 Å². The van der Waals surface area contributed by atoms with Crippen LogP contribution in [0.5, 0.6) is 0 Å². The number of nitrogens with zero attached hydrogens (tertiary/aromatic N) is 1. The minimum Gasteiger partial charge on any atom is -0.300 e. The molecule has 0 aromatic rings. The lowest BCUT2D eigenvalue weighted by Gasteiger charge is -2.43. The summed E-state index contributed by atoms with van der Waals surface area (Å²) in [5, 5.41) is 0. The molecule has 0 unspecified atom stereocenters. The lowest BCUT2D eigenvalue weighted by molar-refractivity contribution is -0.126. The number of carbonyl (C=O) groups excluding carboxylic acids is 1. The predicted molar refractivity (Wildman–Crippen MR) is 43.4 cm³/mol. The summed E-state index contributed by atoms with van der Waals surface area (Å²) in [6.45, 7) is 0. The molecule has 0 spiro atoms. The highest BCUT2D eigenvalue weighted by atomic mass is 16.1. The summed E-state index contributed by atoms with van der Waals surface area (Å²) in [5.41, 5.74) is 0. The van der Waals surface area contributed by atoms with Gasteiger partial charge in [-0.05, 0) is 19.9 Å². The van der Waals surface area contributed by atoms with E-state index in [2.05, 4.69) is 11.9 Å². The summed E-state index contributed by atoms with van der Waals surface area (Å²) in [6.07, 6.45) is 5.42. The molecule has 2 nitrogen and oxygen atoms in total. The van der Waals surface area contributed by atoms with Crippen LogP contribution in [0.2, 0.25) is 0 Å². The first-order chi connectivity index (χ1) is 5.27. The zero-order chi connectivity index (χ0) is 7.84. The number of ketones is 1. The van der Waals surface area contributed by atoms with E-state index in [0.29, 0.717) is 17.9 Å². The van der Waals surface area contributed by atoms with Crippen molar-refractivity contribution in [3.8, 4) is 0 Å². The Labute approximate surface area is 67.6 Å². The lowest BCUT2D eigenvalue weighted by atomic mass is 9.84. The van der Waals surface area contributed by atoms with Gasteiger partial charge in [0.05, 0.1) is 0 Å². The van der Waals surface area contributed by atoms with E-state index in [4.69, 9.17) is 0 Å². The van der Waals surface area contributed by atoms with Gasteiger partial charge < -0.3 is 0 Å². The van der Waals surface area contributed by atoms with Crippen LogP contribution in [0.3, 0.4) is 0 Å². The maximum atomic E-state index is 11.2. The van der Waals surface area contributed by atoms with E-state index in [1.54, 1.807) is 0 Å². The molecule has 0 aromatic carbocycles. The Bertz CT molecular complexity index is 162. The smallest absolute Gasteiger partial charge is 0.136 e. The number of piperidine rings is 2. The van der Waals surface area contributed by atoms with Crippen molar-refractivity contribution in [2.75, 3.05) is 7.05 Å². The first-order valence-corrected chi connectivity index (χ1v) is 4.51. The summed E-state index contributed by atoms with van der Waals surface area (Å²) in [6, 6.07) is 1.16. The molecule has 0 radical (unpaired) electrons. The molecular weight excluding hydrogens is 138 g/mol. The van der Waals surface area contributed by atoms with Crippen molar-refractivity contribution >= 4 is 5.78 Å². The zero-order valence-electron chi connectivity index (χ0n) is 7.05. The molecule has 2 heteroatoms. The summed E-state index contributed by atoms with van der Waals surface area (Å²) in [5.74, 6) is 0.484. The number of carbonyl (C=O) groups is 1. The van der Waals surface area contributed by atoms with E-state index < -0.39 is 0 Å². The lowest BCUT2D eigenvalue weighted by Crippen LogP contribution is -2.49. The molecular formula is C9H15NO. The summed E-state index contributed by atoms with van der Waals surface area (Å²) < 4.78 is 0. The van der Waals surface area contributed by atoms with E-state index in [1.807, 2.05) is 0 Å². The minimum atomic E-state index is 0.484. The number of Topliss-reactive ketones (excluding diaryl/α,β-unsaturated/α-hetero) is 1. The Morgan fingerprint density at radius 3 is 2.36 bits per heavy atom. The van der Waals surface area contributed by atoms with Gasteiger partial charge in [-0.1, -0.05) is 6.42 Å². The second-order valence-corrected chi connectivity index (χ2v) is 3.85.